The van der Waals surface area contributed by atoms with Crippen molar-refractivity contribution in [2.75, 3.05) is 0 Å². The number of hydrogen-bond acceptors (Lipinski definition) is 2. The van der Waals surface area contributed by atoms with Crippen molar-refractivity contribution >= 4 is 17.7 Å². The van der Waals surface area contributed by atoms with Crippen LogP contribution in [0.15, 0.2) is 65.8 Å². The molecule has 2 aromatic rings. The summed E-state index contributed by atoms with van der Waals surface area (Å²) < 4.78 is 13.4. The van der Waals surface area contributed by atoms with Crippen molar-refractivity contribution in [3.63, 3.8) is 0 Å². The topological polar surface area (TPSA) is 41.5 Å². The van der Waals surface area contributed by atoms with Crippen LogP contribution in [0.1, 0.15) is 22.8 Å². The Labute approximate surface area is 122 Å². The number of carbonyl (C=O) groups is 1. The standard InChI is InChI=1S/C17H15FN2O/c1-13(11-12-14-7-5-6-10-16(14)18)19-20-17(21)15-8-3-2-4-9-15/h2-12H,1H3,(H,20,21)/b12-11+,19-13+. The smallest absolute Gasteiger partial charge is 0.267 e. The summed E-state index contributed by atoms with van der Waals surface area (Å²) in [4.78, 5) is 11.8. The van der Waals surface area contributed by atoms with Crippen LogP contribution in [0.25, 0.3) is 6.08 Å². The van der Waals surface area contributed by atoms with Gasteiger partial charge in [-0.2, -0.15) is 5.10 Å². The van der Waals surface area contributed by atoms with Crippen LogP contribution in [0.4, 0.5) is 4.39 Å². The molecule has 0 unspecified atom stereocenters. The van der Waals surface area contributed by atoms with Gasteiger partial charge in [0.2, 0.25) is 0 Å². The van der Waals surface area contributed by atoms with E-state index in [1.54, 1.807) is 61.5 Å². The van der Waals surface area contributed by atoms with Crippen molar-refractivity contribution in [2.24, 2.45) is 5.10 Å². The van der Waals surface area contributed by atoms with Crippen LogP contribution < -0.4 is 5.43 Å². The average Bonchev–Trinajstić information content (AvgIpc) is 2.52. The molecule has 0 spiro atoms. The number of nitrogens with one attached hydrogen (secondary N) is 1. The summed E-state index contributed by atoms with van der Waals surface area (Å²) >= 11 is 0. The SMILES string of the molecule is CC(/C=C/c1ccccc1F)=N\NC(=O)c1ccccc1. The van der Waals surface area contributed by atoms with Crippen LogP contribution in [0, 0.1) is 5.82 Å². The molecule has 4 heteroatoms. The fraction of sp³-hybridized carbons (Fsp3) is 0.0588. The molecule has 0 saturated heterocycles. The van der Waals surface area contributed by atoms with Crippen LogP contribution in [-0.2, 0) is 0 Å². The van der Waals surface area contributed by atoms with Crippen LogP contribution in [-0.4, -0.2) is 11.6 Å². The van der Waals surface area contributed by atoms with Gasteiger partial charge in [0.25, 0.3) is 5.91 Å². The molecule has 0 atom stereocenters. The molecule has 3 nitrogen and oxygen atoms in total. The highest BCUT2D eigenvalue weighted by molar-refractivity contribution is 5.99. The fourth-order valence-electron chi connectivity index (χ4n) is 1.65. The van der Waals surface area contributed by atoms with Crippen LogP contribution in [0.5, 0.6) is 0 Å². The zero-order valence-corrected chi connectivity index (χ0v) is 11.6. The highest BCUT2D eigenvalue weighted by atomic mass is 19.1. The van der Waals surface area contributed by atoms with Gasteiger partial charge in [-0.1, -0.05) is 42.5 Å². The molecule has 0 bridgehead atoms. The Balaban J connectivity index is 1.99. The number of hydrogen-bond donors (Lipinski definition) is 1. The zero-order chi connectivity index (χ0) is 15.1. The van der Waals surface area contributed by atoms with Gasteiger partial charge in [0.05, 0.1) is 5.71 Å². The molecule has 0 radical (unpaired) electrons. The second-order valence-corrected chi connectivity index (χ2v) is 4.41. The van der Waals surface area contributed by atoms with Crippen LogP contribution in [0.2, 0.25) is 0 Å². The van der Waals surface area contributed by atoms with E-state index in [1.807, 2.05) is 6.07 Å². The molecule has 0 heterocycles. The summed E-state index contributed by atoms with van der Waals surface area (Å²) in [5, 5.41) is 3.95. The summed E-state index contributed by atoms with van der Waals surface area (Å²) in [5.41, 5.74) is 4.03. The van der Waals surface area contributed by atoms with Gasteiger partial charge in [0.15, 0.2) is 0 Å². The first-order valence-corrected chi connectivity index (χ1v) is 6.49. The molecule has 0 aromatic heterocycles. The Bertz CT molecular complexity index is 678. The van der Waals surface area contributed by atoms with E-state index in [9.17, 15) is 9.18 Å². The number of benzene rings is 2. The van der Waals surface area contributed by atoms with E-state index in [2.05, 4.69) is 10.5 Å². The lowest BCUT2D eigenvalue weighted by Gasteiger charge is -2.00. The van der Waals surface area contributed by atoms with Gasteiger partial charge in [0, 0.05) is 11.1 Å². The van der Waals surface area contributed by atoms with E-state index >= 15 is 0 Å². The number of nitrogens with zero attached hydrogens (tertiary/aromatic N) is 1. The lowest BCUT2D eigenvalue weighted by Crippen LogP contribution is -2.18. The number of rotatable bonds is 4. The predicted molar refractivity (Wildman–Crippen MR) is 82.5 cm³/mol. The maximum absolute atomic E-state index is 13.4. The van der Waals surface area contributed by atoms with Gasteiger partial charge in [-0.05, 0) is 31.2 Å². The number of allylic oxidation sites excluding steroid dienone is 1. The Morgan fingerprint density at radius 2 is 1.76 bits per heavy atom. The number of carbonyl (C=O) groups excluding carboxylic acids is 1. The van der Waals surface area contributed by atoms with Crippen molar-refractivity contribution in [2.45, 2.75) is 6.92 Å². The molecule has 0 aliphatic heterocycles. The third-order valence-corrected chi connectivity index (χ3v) is 2.78. The fourth-order valence-corrected chi connectivity index (χ4v) is 1.65. The number of hydrazone groups is 1. The summed E-state index contributed by atoms with van der Waals surface area (Å²) in [7, 11) is 0. The van der Waals surface area contributed by atoms with Gasteiger partial charge in [0.1, 0.15) is 5.82 Å². The second-order valence-electron chi connectivity index (χ2n) is 4.41. The first-order chi connectivity index (χ1) is 10.2. The molecule has 2 aromatic carbocycles. The highest BCUT2D eigenvalue weighted by Gasteiger charge is 2.02. The molecule has 106 valence electrons. The number of amides is 1. The highest BCUT2D eigenvalue weighted by Crippen LogP contribution is 2.08. The largest absolute Gasteiger partial charge is 0.271 e. The Hall–Kier alpha value is -2.75. The molecular formula is C17H15FN2O. The maximum Gasteiger partial charge on any atom is 0.271 e. The minimum absolute atomic E-state index is 0.283. The first kappa shape index (κ1) is 14.7. The minimum Gasteiger partial charge on any atom is -0.267 e. The van der Waals surface area contributed by atoms with Gasteiger partial charge in [-0.3, -0.25) is 4.79 Å². The molecular weight excluding hydrogens is 267 g/mol. The summed E-state index contributed by atoms with van der Waals surface area (Å²) in [6.45, 7) is 1.72. The predicted octanol–water partition coefficient (Wildman–Crippen LogP) is 3.64. The zero-order valence-electron chi connectivity index (χ0n) is 11.6. The summed E-state index contributed by atoms with van der Waals surface area (Å²) in [5.74, 6) is -0.580. The quantitative estimate of drug-likeness (QED) is 0.675. The normalized spacial score (nSPS) is 11.6. The lowest BCUT2D eigenvalue weighted by atomic mass is 10.2. The van der Waals surface area contributed by atoms with E-state index in [0.29, 0.717) is 16.8 Å². The molecule has 0 fully saturated rings. The molecule has 0 aliphatic rings. The van der Waals surface area contributed by atoms with Gasteiger partial charge >= 0.3 is 0 Å². The minimum atomic E-state index is -0.296. The average molecular weight is 282 g/mol. The van der Waals surface area contributed by atoms with Crippen molar-refractivity contribution in [1.82, 2.24) is 5.43 Å². The molecule has 2 rings (SSSR count). The second kappa shape index (κ2) is 7.14. The van der Waals surface area contributed by atoms with Crippen LogP contribution in [0.3, 0.4) is 0 Å². The molecule has 0 saturated carbocycles. The maximum atomic E-state index is 13.4. The molecule has 0 aliphatic carbocycles. The number of halogens is 1. The Kier molecular flexibility index (Phi) is 4.99. The molecule has 1 N–H and O–H groups in total. The van der Waals surface area contributed by atoms with Gasteiger partial charge in [-0.25, -0.2) is 9.82 Å². The van der Waals surface area contributed by atoms with E-state index < -0.39 is 0 Å². The van der Waals surface area contributed by atoms with Crippen molar-refractivity contribution < 1.29 is 9.18 Å². The van der Waals surface area contributed by atoms with E-state index in [4.69, 9.17) is 0 Å². The van der Waals surface area contributed by atoms with E-state index in [1.165, 1.54) is 6.07 Å². The van der Waals surface area contributed by atoms with E-state index in [-0.39, 0.29) is 11.7 Å². The summed E-state index contributed by atoms with van der Waals surface area (Å²) in [6, 6.07) is 15.3. The van der Waals surface area contributed by atoms with Gasteiger partial charge < -0.3 is 0 Å². The monoisotopic (exact) mass is 282 g/mol. The third kappa shape index (κ3) is 4.38. The van der Waals surface area contributed by atoms with Crippen molar-refractivity contribution in [3.8, 4) is 0 Å². The third-order valence-electron chi connectivity index (χ3n) is 2.78. The molecule has 1 amide bonds. The van der Waals surface area contributed by atoms with E-state index in [0.717, 1.165) is 0 Å². The van der Waals surface area contributed by atoms with Crippen LogP contribution >= 0.6 is 0 Å². The van der Waals surface area contributed by atoms with Crippen molar-refractivity contribution in [1.29, 1.82) is 0 Å². The lowest BCUT2D eigenvalue weighted by molar-refractivity contribution is 0.0955. The Morgan fingerprint density at radius 3 is 2.48 bits per heavy atom. The molecule has 21 heavy (non-hydrogen) atoms. The first-order valence-electron chi connectivity index (χ1n) is 6.49. The Morgan fingerprint density at radius 1 is 1.10 bits per heavy atom. The van der Waals surface area contributed by atoms with Crippen molar-refractivity contribution in [3.05, 3.63) is 77.6 Å². The summed E-state index contributed by atoms with van der Waals surface area (Å²) in [6.07, 6.45) is 3.26. The van der Waals surface area contributed by atoms with Gasteiger partial charge in [-0.15, -0.1) is 0 Å².